The quantitative estimate of drug-likeness (QED) is 0.594. The lowest BCUT2D eigenvalue weighted by Gasteiger charge is -2.23. The van der Waals surface area contributed by atoms with Crippen LogP contribution in [0.1, 0.15) is 36.7 Å². The van der Waals surface area contributed by atoms with Crippen molar-refractivity contribution >= 4 is 28.0 Å². The molecule has 0 spiro atoms. The Hall–Kier alpha value is -3.22. The Bertz CT molecular complexity index is 1160. The van der Waals surface area contributed by atoms with Crippen molar-refractivity contribution < 1.29 is 4.79 Å². The first-order chi connectivity index (χ1) is 13.7. The number of carbonyl (C=O) groups excluding carboxylic acids is 1. The number of aromatic amines is 1. The fraction of sp³-hybridized carbons (Fsp3) is 0.333. The predicted molar refractivity (Wildman–Crippen MR) is 107 cm³/mol. The van der Waals surface area contributed by atoms with Crippen LogP contribution in [0.2, 0.25) is 0 Å². The summed E-state index contributed by atoms with van der Waals surface area (Å²) in [6.45, 7) is 3.37. The third-order valence-corrected chi connectivity index (χ3v) is 5.50. The zero-order chi connectivity index (χ0) is 19.1. The molecular weight excluding hydrogens is 352 g/mol. The van der Waals surface area contributed by atoms with Gasteiger partial charge in [0.25, 0.3) is 0 Å². The smallest absolute Gasteiger partial charge is 0.225 e. The van der Waals surface area contributed by atoms with E-state index in [0.717, 1.165) is 47.3 Å². The van der Waals surface area contributed by atoms with E-state index >= 15 is 0 Å². The second-order valence-electron chi connectivity index (χ2n) is 7.44. The second-order valence-corrected chi connectivity index (χ2v) is 7.44. The molecule has 3 heterocycles. The molecule has 7 nitrogen and oxygen atoms in total. The molecular formula is C21H22N6O. The molecule has 2 aromatic carbocycles. The lowest BCUT2D eigenvalue weighted by Crippen LogP contribution is -2.31. The van der Waals surface area contributed by atoms with E-state index in [0.29, 0.717) is 13.0 Å². The number of amides is 1. The summed E-state index contributed by atoms with van der Waals surface area (Å²) in [5.74, 6) is 1.02. The maximum absolute atomic E-state index is 13.0. The minimum absolute atomic E-state index is 0.0210. The van der Waals surface area contributed by atoms with E-state index in [2.05, 4.69) is 34.4 Å². The minimum atomic E-state index is 0.0210. The van der Waals surface area contributed by atoms with Gasteiger partial charge >= 0.3 is 0 Å². The van der Waals surface area contributed by atoms with Crippen molar-refractivity contribution in [2.75, 3.05) is 6.54 Å². The molecule has 0 unspecified atom stereocenters. The number of nitrogens with zero attached hydrogens (tertiary/aromatic N) is 5. The molecule has 142 valence electrons. The molecule has 1 aliphatic heterocycles. The Balaban J connectivity index is 1.33. The topological polar surface area (TPSA) is 79.7 Å². The fourth-order valence-corrected chi connectivity index (χ4v) is 4.08. The van der Waals surface area contributed by atoms with Crippen LogP contribution in [-0.2, 0) is 11.3 Å². The number of imidazole rings is 1. The van der Waals surface area contributed by atoms with Crippen LogP contribution in [0, 0.1) is 6.92 Å². The van der Waals surface area contributed by atoms with E-state index in [1.807, 2.05) is 39.9 Å². The fourth-order valence-electron chi connectivity index (χ4n) is 4.08. The van der Waals surface area contributed by atoms with Crippen molar-refractivity contribution in [2.45, 2.75) is 38.8 Å². The average Bonchev–Trinajstić information content (AvgIpc) is 3.43. The first-order valence-electron chi connectivity index (χ1n) is 9.73. The van der Waals surface area contributed by atoms with E-state index in [1.54, 1.807) is 0 Å². The summed E-state index contributed by atoms with van der Waals surface area (Å²) in [5.41, 5.74) is 4.99. The van der Waals surface area contributed by atoms with Crippen molar-refractivity contribution in [3.63, 3.8) is 0 Å². The van der Waals surface area contributed by atoms with Gasteiger partial charge in [0, 0.05) is 13.0 Å². The van der Waals surface area contributed by atoms with Crippen LogP contribution in [-0.4, -0.2) is 42.3 Å². The van der Waals surface area contributed by atoms with Gasteiger partial charge in [-0.1, -0.05) is 23.4 Å². The van der Waals surface area contributed by atoms with Gasteiger partial charge in [-0.25, -0.2) is 9.67 Å². The van der Waals surface area contributed by atoms with Crippen molar-refractivity contribution in [3.05, 3.63) is 53.9 Å². The molecule has 28 heavy (non-hydrogen) atoms. The van der Waals surface area contributed by atoms with E-state index in [4.69, 9.17) is 4.98 Å². The molecule has 1 fully saturated rings. The molecule has 0 aliphatic carbocycles. The number of nitrogens with one attached hydrogen (secondary N) is 1. The first kappa shape index (κ1) is 16.9. The average molecular weight is 374 g/mol. The molecule has 0 radical (unpaired) electrons. The van der Waals surface area contributed by atoms with E-state index in [9.17, 15) is 4.79 Å². The Morgan fingerprint density at radius 2 is 2.11 bits per heavy atom. The molecule has 1 saturated heterocycles. The van der Waals surface area contributed by atoms with Gasteiger partial charge in [0.2, 0.25) is 5.91 Å². The lowest BCUT2D eigenvalue weighted by atomic mass is 10.2. The van der Waals surface area contributed by atoms with Gasteiger partial charge in [-0.3, -0.25) is 4.79 Å². The van der Waals surface area contributed by atoms with Crippen LogP contribution >= 0.6 is 0 Å². The number of hydrogen-bond donors (Lipinski definition) is 1. The van der Waals surface area contributed by atoms with E-state index in [-0.39, 0.29) is 11.9 Å². The maximum atomic E-state index is 13.0. The number of rotatable bonds is 4. The highest BCUT2D eigenvalue weighted by Crippen LogP contribution is 2.32. The van der Waals surface area contributed by atoms with Gasteiger partial charge in [-0.15, -0.1) is 5.10 Å². The highest BCUT2D eigenvalue weighted by molar-refractivity contribution is 5.79. The highest BCUT2D eigenvalue weighted by Gasteiger charge is 2.31. The SMILES string of the molecule is Cc1ccc2nc([C@@H]3CCCN3C(=O)CCn3nnc4ccccc43)[nH]c2c1. The summed E-state index contributed by atoms with van der Waals surface area (Å²) in [7, 11) is 0. The maximum Gasteiger partial charge on any atom is 0.225 e. The summed E-state index contributed by atoms with van der Waals surface area (Å²) < 4.78 is 1.81. The second kappa shape index (κ2) is 6.74. The number of aryl methyl sites for hydroxylation is 2. The molecule has 1 atom stereocenters. The van der Waals surface area contributed by atoms with Gasteiger partial charge in [-0.2, -0.15) is 0 Å². The zero-order valence-corrected chi connectivity index (χ0v) is 15.8. The molecule has 4 aromatic rings. The standard InChI is InChI=1S/C21H22N6O/c1-14-8-9-15-17(13-14)23-21(22-15)19-7-4-11-26(19)20(28)10-12-27-18-6-3-2-5-16(18)24-25-27/h2-3,5-6,8-9,13,19H,4,7,10-12H2,1H3,(H,22,23)/t19-/m0/s1. The number of likely N-dealkylation sites (tertiary alicyclic amines) is 1. The van der Waals surface area contributed by atoms with Crippen molar-refractivity contribution in [1.29, 1.82) is 0 Å². The number of H-pyrrole nitrogens is 1. The summed E-state index contributed by atoms with van der Waals surface area (Å²) >= 11 is 0. The number of benzene rings is 2. The zero-order valence-electron chi connectivity index (χ0n) is 15.8. The predicted octanol–water partition coefficient (Wildman–Crippen LogP) is 3.37. The summed E-state index contributed by atoms with van der Waals surface area (Å²) in [5, 5.41) is 8.35. The summed E-state index contributed by atoms with van der Waals surface area (Å²) in [4.78, 5) is 23.1. The van der Waals surface area contributed by atoms with Crippen molar-refractivity contribution in [3.8, 4) is 0 Å². The van der Waals surface area contributed by atoms with Crippen LogP contribution in [0.5, 0.6) is 0 Å². The Morgan fingerprint density at radius 1 is 1.21 bits per heavy atom. The Morgan fingerprint density at radius 3 is 3.04 bits per heavy atom. The number of aromatic nitrogens is 5. The largest absolute Gasteiger partial charge is 0.340 e. The minimum Gasteiger partial charge on any atom is -0.340 e. The van der Waals surface area contributed by atoms with Crippen LogP contribution in [0.25, 0.3) is 22.1 Å². The van der Waals surface area contributed by atoms with Gasteiger partial charge < -0.3 is 9.88 Å². The third-order valence-electron chi connectivity index (χ3n) is 5.50. The van der Waals surface area contributed by atoms with Gasteiger partial charge in [0.1, 0.15) is 11.3 Å². The Labute approximate surface area is 162 Å². The van der Waals surface area contributed by atoms with Gasteiger partial charge in [0.05, 0.1) is 29.1 Å². The number of fused-ring (bicyclic) bond motifs is 2. The van der Waals surface area contributed by atoms with Crippen molar-refractivity contribution in [1.82, 2.24) is 29.9 Å². The van der Waals surface area contributed by atoms with Gasteiger partial charge in [0.15, 0.2) is 0 Å². The monoisotopic (exact) mass is 374 g/mol. The van der Waals surface area contributed by atoms with Crippen molar-refractivity contribution in [2.24, 2.45) is 0 Å². The van der Waals surface area contributed by atoms with Gasteiger partial charge in [-0.05, 0) is 49.6 Å². The van der Waals surface area contributed by atoms with E-state index in [1.165, 1.54) is 5.56 Å². The molecule has 1 aliphatic rings. The van der Waals surface area contributed by atoms with Crippen LogP contribution in [0.4, 0.5) is 0 Å². The highest BCUT2D eigenvalue weighted by atomic mass is 16.2. The number of para-hydroxylation sites is 1. The molecule has 0 bridgehead atoms. The molecule has 1 amide bonds. The molecule has 5 rings (SSSR count). The normalized spacial score (nSPS) is 17.0. The first-order valence-corrected chi connectivity index (χ1v) is 9.73. The summed E-state index contributed by atoms with van der Waals surface area (Å²) in [6.07, 6.45) is 2.35. The lowest BCUT2D eigenvalue weighted by molar-refractivity contribution is -0.132. The number of carbonyl (C=O) groups is 1. The van der Waals surface area contributed by atoms with Crippen LogP contribution in [0.15, 0.2) is 42.5 Å². The molecule has 7 heteroatoms. The molecule has 2 aromatic heterocycles. The number of hydrogen-bond acceptors (Lipinski definition) is 4. The van der Waals surface area contributed by atoms with E-state index < -0.39 is 0 Å². The molecule has 0 saturated carbocycles. The summed E-state index contributed by atoms with van der Waals surface area (Å²) in [6, 6.07) is 14.0. The molecule has 1 N–H and O–H groups in total. The van der Waals surface area contributed by atoms with Crippen LogP contribution in [0.3, 0.4) is 0 Å². The third kappa shape index (κ3) is 2.93. The Kier molecular flexibility index (Phi) is 4.07. The van der Waals surface area contributed by atoms with Crippen LogP contribution < -0.4 is 0 Å².